The second-order valence-corrected chi connectivity index (χ2v) is 8.81. The summed E-state index contributed by atoms with van der Waals surface area (Å²) >= 11 is 5.49. The summed E-state index contributed by atoms with van der Waals surface area (Å²) in [7, 11) is 1.50. The smallest absolute Gasteiger partial charge is 0.339 e. The van der Waals surface area contributed by atoms with Crippen LogP contribution >= 0.6 is 12.2 Å². The van der Waals surface area contributed by atoms with Crippen molar-refractivity contribution in [2.45, 2.75) is 38.2 Å². The molecule has 0 radical (unpaired) electrons. The zero-order valence-corrected chi connectivity index (χ0v) is 21.3. The van der Waals surface area contributed by atoms with Gasteiger partial charge in [-0.1, -0.05) is 66.7 Å². The molecule has 6 nitrogen and oxygen atoms in total. The minimum atomic E-state index is -1.04. The highest BCUT2D eigenvalue weighted by atomic mass is 32.1. The Morgan fingerprint density at radius 2 is 1.50 bits per heavy atom. The van der Waals surface area contributed by atoms with Crippen LogP contribution in [0.15, 0.2) is 78.9 Å². The highest BCUT2D eigenvalue weighted by Gasteiger charge is 2.16. The standard InChI is InChI=1S/C29H33NO5S/c1-33-21-34-27-20-24(14-17-26(27)28(31)32)13-16-25(15-12-22-8-4-2-5-9-22)35-29(36)30-19-18-23-10-6-3-7-11-23/h2-11,14,17,20,25H,12-13,15-16,18-19,21H2,1H3,(H,30,36)(H,31,32). The molecule has 0 aromatic heterocycles. The normalized spacial score (nSPS) is 11.5. The van der Waals surface area contributed by atoms with Crippen LogP contribution in [0.4, 0.5) is 0 Å². The predicted octanol–water partition coefficient (Wildman–Crippen LogP) is 5.44. The number of carboxylic acids is 1. The van der Waals surface area contributed by atoms with Crippen LogP contribution in [0, 0.1) is 0 Å². The van der Waals surface area contributed by atoms with E-state index in [4.69, 9.17) is 26.4 Å². The van der Waals surface area contributed by atoms with Crippen molar-refractivity contribution in [3.8, 4) is 5.75 Å². The van der Waals surface area contributed by atoms with Crippen LogP contribution < -0.4 is 10.1 Å². The van der Waals surface area contributed by atoms with Gasteiger partial charge in [-0.15, -0.1) is 0 Å². The highest BCUT2D eigenvalue weighted by molar-refractivity contribution is 7.80. The molecule has 1 atom stereocenters. The largest absolute Gasteiger partial charge is 0.478 e. The Morgan fingerprint density at radius 3 is 2.11 bits per heavy atom. The number of thiocarbonyl (C=S) groups is 1. The number of carbonyl (C=O) groups is 1. The molecule has 0 heterocycles. The molecular weight excluding hydrogens is 474 g/mol. The van der Waals surface area contributed by atoms with Gasteiger partial charge in [-0.25, -0.2) is 4.79 Å². The summed E-state index contributed by atoms with van der Waals surface area (Å²) < 4.78 is 16.6. The van der Waals surface area contributed by atoms with Gasteiger partial charge in [0.1, 0.15) is 17.4 Å². The Labute approximate surface area is 218 Å². The predicted molar refractivity (Wildman–Crippen MR) is 145 cm³/mol. The number of methoxy groups -OCH3 is 1. The van der Waals surface area contributed by atoms with Crippen LogP contribution in [0.25, 0.3) is 0 Å². The number of aryl methyl sites for hydroxylation is 2. The fourth-order valence-electron chi connectivity index (χ4n) is 3.85. The summed E-state index contributed by atoms with van der Waals surface area (Å²) in [4.78, 5) is 11.5. The third kappa shape index (κ3) is 9.32. The molecule has 2 N–H and O–H groups in total. The lowest BCUT2D eigenvalue weighted by Crippen LogP contribution is -2.31. The highest BCUT2D eigenvalue weighted by Crippen LogP contribution is 2.23. The van der Waals surface area contributed by atoms with E-state index >= 15 is 0 Å². The first-order valence-corrected chi connectivity index (χ1v) is 12.5. The van der Waals surface area contributed by atoms with E-state index in [1.807, 2.05) is 42.5 Å². The fourth-order valence-corrected chi connectivity index (χ4v) is 4.09. The Balaban J connectivity index is 1.60. The van der Waals surface area contributed by atoms with Crippen LogP contribution in [0.2, 0.25) is 0 Å². The van der Waals surface area contributed by atoms with Crippen LogP contribution in [-0.2, 0) is 28.7 Å². The molecule has 0 aliphatic rings. The average Bonchev–Trinajstić information content (AvgIpc) is 2.90. The van der Waals surface area contributed by atoms with E-state index in [2.05, 4.69) is 29.6 Å². The van der Waals surface area contributed by atoms with Gasteiger partial charge in [0.05, 0.1) is 0 Å². The molecule has 190 valence electrons. The molecule has 3 aromatic rings. The zero-order valence-electron chi connectivity index (χ0n) is 20.5. The number of benzene rings is 3. The third-order valence-corrected chi connectivity index (χ3v) is 6.00. The summed E-state index contributed by atoms with van der Waals surface area (Å²) in [6.45, 7) is 0.681. The molecule has 0 amide bonds. The minimum absolute atomic E-state index is 0.0184. The number of hydrogen-bond acceptors (Lipinski definition) is 5. The van der Waals surface area contributed by atoms with E-state index in [1.54, 1.807) is 12.1 Å². The SMILES string of the molecule is COCOc1cc(CCC(CCc2ccccc2)OC(=S)NCCc2ccccc2)ccc1C(=O)O. The molecule has 0 aliphatic heterocycles. The zero-order chi connectivity index (χ0) is 25.6. The molecule has 3 aromatic carbocycles. The monoisotopic (exact) mass is 507 g/mol. The Morgan fingerprint density at radius 1 is 0.889 bits per heavy atom. The van der Waals surface area contributed by atoms with Gasteiger partial charge >= 0.3 is 5.97 Å². The molecule has 7 heteroatoms. The van der Waals surface area contributed by atoms with Crippen LogP contribution in [0.3, 0.4) is 0 Å². The molecule has 0 bridgehead atoms. The summed E-state index contributed by atoms with van der Waals surface area (Å²) in [5, 5.41) is 13.1. The maximum Gasteiger partial charge on any atom is 0.339 e. The average molecular weight is 508 g/mol. The van der Waals surface area contributed by atoms with Gasteiger partial charge in [0.25, 0.3) is 5.17 Å². The van der Waals surface area contributed by atoms with E-state index in [0.717, 1.165) is 31.2 Å². The third-order valence-electron chi connectivity index (χ3n) is 5.76. The van der Waals surface area contributed by atoms with Gasteiger partial charge < -0.3 is 24.6 Å². The lowest BCUT2D eigenvalue weighted by atomic mass is 10.00. The number of nitrogens with one attached hydrogen (secondary N) is 1. The Bertz CT molecular complexity index is 1090. The van der Waals surface area contributed by atoms with E-state index < -0.39 is 5.97 Å². The van der Waals surface area contributed by atoms with Crippen LogP contribution in [-0.4, -0.2) is 42.8 Å². The maximum atomic E-state index is 11.5. The van der Waals surface area contributed by atoms with E-state index in [9.17, 15) is 9.90 Å². The van der Waals surface area contributed by atoms with Crippen molar-refractivity contribution in [3.05, 3.63) is 101 Å². The molecule has 0 spiro atoms. The van der Waals surface area contributed by atoms with Gasteiger partial charge in [0.2, 0.25) is 0 Å². The molecule has 0 aliphatic carbocycles. The fraction of sp³-hybridized carbons (Fsp3) is 0.310. The van der Waals surface area contributed by atoms with Gasteiger partial charge in [0.15, 0.2) is 6.79 Å². The van der Waals surface area contributed by atoms with Gasteiger partial charge in [-0.2, -0.15) is 0 Å². The maximum absolute atomic E-state index is 11.5. The van der Waals surface area contributed by atoms with E-state index in [0.29, 0.717) is 23.9 Å². The van der Waals surface area contributed by atoms with Crippen LogP contribution in [0.5, 0.6) is 5.75 Å². The van der Waals surface area contributed by atoms with Crippen molar-refractivity contribution in [1.82, 2.24) is 5.32 Å². The summed E-state index contributed by atoms with van der Waals surface area (Å²) in [6, 6.07) is 25.7. The second kappa shape index (κ2) is 14.9. The van der Waals surface area contributed by atoms with Crippen molar-refractivity contribution in [3.63, 3.8) is 0 Å². The number of ether oxygens (including phenoxy) is 3. The van der Waals surface area contributed by atoms with Crippen molar-refractivity contribution in [2.75, 3.05) is 20.4 Å². The second-order valence-electron chi connectivity index (χ2n) is 8.44. The molecule has 0 fully saturated rings. The first-order valence-electron chi connectivity index (χ1n) is 12.1. The first kappa shape index (κ1) is 27.2. The molecule has 0 saturated heterocycles. The number of hydrogen-bond donors (Lipinski definition) is 2. The van der Waals surface area contributed by atoms with Crippen molar-refractivity contribution >= 4 is 23.4 Å². The summed E-state index contributed by atoms with van der Waals surface area (Å²) in [6.07, 6.45) is 3.87. The van der Waals surface area contributed by atoms with Gasteiger partial charge in [-0.05, 0) is 73.1 Å². The molecule has 3 rings (SSSR count). The molecule has 36 heavy (non-hydrogen) atoms. The minimum Gasteiger partial charge on any atom is -0.478 e. The first-order chi connectivity index (χ1) is 17.5. The molecule has 1 unspecified atom stereocenters. The Hall–Kier alpha value is -3.42. The quantitative estimate of drug-likeness (QED) is 0.222. The molecule has 0 saturated carbocycles. The lowest BCUT2D eigenvalue weighted by molar-refractivity contribution is 0.0483. The lowest BCUT2D eigenvalue weighted by Gasteiger charge is -2.21. The Kier molecular flexibility index (Phi) is 11.2. The summed E-state index contributed by atoms with van der Waals surface area (Å²) in [5.74, 6) is -0.745. The van der Waals surface area contributed by atoms with Crippen LogP contribution in [0.1, 0.15) is 39.9 Å². The van der Waals surface area contributed by atoms with E-state index in [-0.39, 0.29) is 18.5 Å². The van der Waals surface area contributed by atoms with Crippen molar-refractivity contribution in [2.24, 2.45) is 0 Å². The summed E-state index contributed by atoms with van der Waals surface area (Å²) in [5.41, 5.74) is 3.55. The molecular formula is C29H33NO5S. The topological polar surface area (TPSA) is 77.0 Å². The van der Waals surface area contributed by atoms with Gasteiger partial charge in [-0.3, -0.25) is 0 Å². The van der Waals surface area contributed by atoms with E-state index in [1.165, 1.54) is 18.2 Å². The number of aromatic carboxylic acids is 1. The number of rotatable bonds is 14. The van der Waals surface area contributed by atoms with Crippen molar-refractivity contribution in [1.29, 1.82) is 0 Å². The van der Waals surface area contributed by atoms with Gasteiger partial charge in [0, 0.05) is 13.7 Å². The number of carboxylic acid groups (broad SMARTS) is 1. The van der Waals surface area contributed by atoms with Crippen molar-refractivity contribution < 1.29 is 24.1 Å².